The predicted molar refractivity (Wildman–Crippen MR) is 70.5 cm³/mol. The fourth-order valence-corrected chi connectivity index (χ4v) is 1.79. The van der Waals surface area contributed by atoms with Crippen molar-refractivity contribution in [2.75, 3.05) is 32.8 Å². The molecule has 4 nitrogen and oxygen atoms in total. The Labute approximate surface area is 110 Å². The summed E-state index contributed by atoms with van der Waals surface area (Å²) >= 11 is 0. The zero-order valence-corrected chi connectivity index (χ0v) is 12.0. The summed E-state index contributed by atoms with van der Waals surface area (Å²) in [5.41, 5.74) is -0.416. The van der Waals surface area contributed by atoms with Crippen LogP contribution < -0.4 is 0 Å². The summed E-state index contributed by atoms with van der Waals surface area (Å²) in [6, 6.07) is 0. The van der Waals surface area contributed by atoms with Gasteiger partial charge in [-0.15, -0.1) is 0 Å². The number of carbonyl (C=O) groups excluding carboxylic acids is 2. The maximum absolute atomic E-state index is 12.1. The predicted octanol–water partition coefficient (Wildman–Crippen LogP) is 1.53. The van der Waals surface area contributed by atoms with Gasteiger partial charge >= 0.3 is 0 Å². The zero-order chi connectivity index (χ0) is 13.8. The zero-order valence-electron chi connectivity index (χ0n) is 12.0. The average Bonchev–Trinajstić information content (AvgIpc) is 2.29. The van der Waals surface area contributed by atoms with Gasteiger partial charge in [0.05, 0.1) is 26.2 Å². The molecule has 0 atom stereocenters. The third-order valence-corrected chi connectivity index (χ3v) is 4.02. The van der Waals surface area contributed by atoms with E-state index in [1.54, 1.807) is 0 Å². The van der Waals surface area contributed by atoms with E-state index in [1.807, 2.05) is 27.7 Å². The van der Waals surface area contributed by atoms with Crippen LogP contribution in [0.2, 0.25) is 0 Å². The molecule has 1 aliphatic heterocycles. The van der Waals surface area contributed by atoms with Crippen molar-refractivity contribution < 1.29 is 14.3 Å². The van der Waals surface area contributed by atoms with Crippen molar-refractivity contribution in [3.63, 3.8) is 0 Å². The average molecular weight is 255 g/mol. The standard InChI is InChI=1S/C14H25NO3/c1-11(2)14(3,4)13(17)9-12(16)10-15-5-7-18-8-6-15/h11H,5-10H2,1-4H3. The van der Waals surface area contributed by atoms with E-state index in [0.29, 0.717) is 19.8 Å². The Balaban J connectivity index is 2.42. The van der Waals surface area contributed by atoms with Crippen molar-refractivity contribution in [2.45, 2.75) is 34.1 Å². The fraction of sp³-hybridized carbons (Fsp3) is 0.857. The van der Waals surface area contributed by atoms with Gasteiger partial charge in [0.1, 0.15) is 5.78 Å². The molecule has 1 heterocycles. The van der Waals surface area contributed by atoms with Gasteiger partial charge in [-0.3, -0.25) is 14.5 Å². The molecule has 1 saturated heterocycles. The maximum atomic E-state index is 12.1. The van der Waals surface area contributed by atoms with Gasteiger partial charge in [-0.1, -0.05) is 27.7 Å². The molecule has 0 radical (unpaired) electrons. The first-order valence-electron chi connectivity index (χ1n) is 6.69. The Morgan fingerprint density at radius 3 is 2.28 bits per heavy atom. The molecule has 0 unspecified atom stereocenters. The van der Waals surface area contributed by atoms with Crippen LogP contribution in [0.3, 0.4) is 0 Å². The lowest BCUT2D eigenvalue weighted by Gasteiger charge is -2.28. The Bertz CT molecular complexity index is 304. The van der Waals surface area contributed by atoms with Gasteiger partial charge in [0.25, 0.3) is 0 Å². The van der Waals surface area contributed by atoms with E-state index >= 15 is 0 Å². The maximum Gasteiger partial charge on any atom is 0.154 e. The highest BCUT2D eigenvalue weighted by Gasteiger charge is 2.32. The van der Waals surface area contributed by atoms with Crippen LogP contribution >= 0.6 is 0 Å². The van der Waals surface area contributed by atoms with Gasteiger partial charge in [-0.25, -0.2) is 0 Å². The summed E-state index contributed by atoms with van der Waals surface area (Å²) in [4.78, 5) is 26.0. The van der Waals surface area contributed by atoms with Crippen molar-refractivity contribution in [3.05, 3.63) is 0 Å². The minimum Gasteiger partial charge on any atom is -0.379 e. The smallest absolute Gasteiger partial charge is 0.154 e. The third kappa shape index (κ3) is 4.18. The lowest BCUT2D eigenvalue weighted by molar-refractivity contribution is -0.134. The second-order valence-electron chi connectivity index (χ2n) is 5.90. The normalized spacial score (nSPS) is 18.1. The number of ether oxygens (including phenoxy) is 1. The molecule has 1 fully saturated rings. The Morgan fingerprint density at radius 2 is 1.78 bits per heavy atom. The van der Waals surface area contributed by atoms with Gasteiger partial charge in [-0.05, 0) is 5.92 Å². The lowest BCUT2D eigenvalue weighted by atomic mass is 9.76. The molecule has 0 aromatic rings. The molecule has 1 rings (SSSR count). The van der Waals surface area contributed by atoms with Gasteiger partial charge in [-0.2, -0.15) is 0 Å². The molecular formula is C14H25NO3. The molecule has 0 amide bonds. The monoisotopic (exact) mass is 255 g/mol. The van der Waals surface area contributed by atoms with E-state index in [2.05, 4.69) is 4.90 Å². The Morgan fingerprint density at radius 1 is 1.22 bits per heavy atom. The van der Waals surface area contributed by atoms with Gasteiger partial charge < -0.3 is 4.74 Å². The number of Topliss-reactive ketones (excluding diaryl/α,β-unsaturated/α-hetero) is 2. The van der Waals surface area contributed by atoms with Crippen LogP contribution in [0.25, 0.3) is 0 Å². The van der Waals surface area contributed by atoms with E-state index in [9.17, 15) is 9.59 Å². The molecule has 1 aliphatic rings. The van der Waals surface area contributed by atoms with Crippen LogP contribution in [0.4, 0.5) is 0 Å². The second kappa shape index (κ2) is 6.43. The van der Waals surface area contributed by atoms with Crippen LogP contribution in [-0.2, 0) is 14.3 Å². The number of hydrogen-bond acceptors (Lipinski definition) is 4. The van der Waals surface area contributed by atoms with Crippen molar-refractivity contribution in [2.24, 2.45) is 11.3 Å². The summed E-state index contributed by atoms with van der Waals surface area (Å²) in [5.74, 6) is 0.326. The molecule has 0 aliphatic carbocycles. The van der Waals surface area contributed by atoms with E-state index in [-0.39, 0.29) is 23.9 Å². The number of ketones is 2. The minimum atomic E-state index is -0.416. The highest BCUT2D eigenvalue weighted by atomic mass is 16.5. The van der Waals surface area contributed by atoms with Gasteiger partial charge in [0, 0.05) is 18.5 Å². The number of morpholine rings is 1. The topological polar surface area (TPSA) is 46.6 Å². The van der Waals surface area contributed by atoms with Gasteiger partial charge in [0.15, 0.2) is 5.78 Å². The molecule has 18 heavy (non-hydrogen) atoms. The molecule has 4 heteroatoms. The highest BCUT2D eigenvalue weighted by Crippen LogP contribution is 2.28. The molecule has 0 N–H and O–H groups in total. The molecule has 0 bridgehead atoms. The van der Waals surface area contributed by atoms with Gasteiger partial charge in [0.2, 0.25) is 0 Å². The lowest BCUT2D eigenvalue weighted by Crippen LogP contribution is -2.41. The SMILES string of the molecule is CC(C)C(C)(C)C(=O)CC(=O)CN1CCOCC1. The molecule has 0 spiro atoms. The minimum absolute atomic E-state index is 0.0237. The highest BCUT2D eigenvalue weighted by molar-refractivity contribution is 6.02. The van der Waals surface area contributed by atoms with Crippen molar-refractivity contribution >= 4 is 11.6 Å². The number of carbonyl (C=O) groups is 2. The first kappa shape index (κ1) is 15.3. The van der Waals surface area contributed by atoms with Crippen LogP contribution in [0, 0.1) is 11.3 Å². The van der Waals surface area contributed by atoms with Crippen LogP contribution in [0.15, 0.2) is 0 Å². The van der Waals surface area contributed by atoms with E-state index in [0.717, 1.165) is 13.1 Å². The first-order chi connectivity index (χ1) is 8.34. The number of hydrogen-bond donors (Lipinski definition) is 0. The van der Waals surface area contributed by atoms with Crippen LogP contribution in [0.5, 0.6) is 0 Å². The third-order valence-electron chi connectivity index (χ3n) is 4.02. The number of nitrogens with zero attached hydrogens (tertiary/aromatic N) is 1. The second-order valence-corrected chi connectivity index (χ2v) is 5.90. The molecular weight excluding hydrogens is 230 g/mol. The molecule has 0 saturated carbocycles. The van der Waals surface area contributed by atoms with E-state index < -0.39 is 5.41 Å². The molecule has 0 aromatic heterocycles. The van der Waals surface area contributed by atoms with Crippen LogP contribution in [-0.4, -0.2) is 49.3 Å². The fourth-order valence-electron chi connectivity index (χ4n) is 1.79. The summed E-state index contributed by atoms with van der Waals surface area (Å²) in [5, 5.41) is 0. The quantitative estimate of drug-likeness (QED) is 0.675. The van der Waals surface area contributed by atoms with Crippen molar-refractivity contribution in [3.8, 4) is 0 Å². The van der Waals surface area contributed by atoms with E-state index in [1.165, 1.54) is 0 Å². The molecule has 104 valence electrons. The molecule has 0 aromatic carbocycles. The van der Waals surface area contributed by atoms with E-state index in [4.69, 9.17) is 4.74 Å². The summed E-state index contributed by atoms with van der Waals surface area (Å²) in [6.45, 7) is 11.2. The largest absolute Gasteiger partial charge is 0.379 e. The summed E-state index contributed by atoms with van der Waals surface area (Å²) in [7, 11) is 0. The Kier molecular flexibility index (Phi) is 5.47. The Hall–Kier alpha value is -0.740. The number of rotatable bonds is 6. The summed E-state index contributed by atoms with van der Waals surface area (Å²) < 4.78 is 5.23. The van der Waals surface area contributed by atoms with Crippen molar-refractivity contribution in [1.29, 1.82) is 0 Å². The van der Waals surface area contributed by atoms with Crippen molar-refractivity contribution in [1.82, 2.24) is 4.90 Å². The first-order valence-corrected chi connectivity index (χ1v) is 6.69. The van der Waals surface area contributed by atoms with Crippen LogP contribution in [0.1, 0.15) is 34.1 Å². The summed E-state index contributed by atoms with van der Waals surface area (Å²) in [6.07, 6.45) is 0.0581.